The molecule has 0 aromatic carbocycles. The number of rotatable bonds is 3. The van der Waals surface area contributed by atoms with Gasteiger partial charge in [-0.3, -0.25) is 4.79 Å². The molecule has 0 aromatic heterocycles. The van der Waals surface area contributed by atoms with Crippen LogP contribution in [0, 0.1) is 5.92 Å². The maximum Gasteiger partial charge on any atom is 0.319 e. The molecule has 4 heteroatoms. The van der Waals surface area contributed by atoms with Gasteiger partial charge >= 0.3 is 5.97 Å². The molecule has 0 saturated carbocycles. The van der Waals surface area contributed by atoms with E-state index in [1.165, 1.54) is 17.9 Å². The minimum atomic E-state index is -0.365. The Balaban J connectivity index is 2.58. The Morgan fingerprint density at radius 3 is 2.69 bits per heavy atom. The van der Waals surface area contributed by atoms with Crippen LogP contribution in [0.4, 0.5) is 0 Å². The summed E-state index contributed by atoms with van der Waals surface area (Å²) in [6.07, 6.45) is 2.37. The van der Waals surface area contributed by atoms with E-state index >= 15 is 0 Å². The van der Waals surface area contributed by atoms with Gasteiger partial charge in [0, 0.05) is 5.92 Å². The van der Waals surface area contributed by atoms with Gasteiger partial charge in [0.1, 0.15) is 5.60 Å². The van der Waals surface area contributed by atoms with Crippen molar-refractivity contribution in [3.63, 3.8) is 0 Å². The Bertz CT molecular complexity index is 253. The molecular weight excluding hydrogens is 222 g/mol. The van der Waals surface area contributed by atoms with Crippen molar-refractivity contribution in [3.05, 3.63) is 0 Å². The van der Waals surface area contributed by atoms with E-state index in [9.17, 15) is 4.79 Å². The lowest BCUT2D eigenvalue weighted by molar-refractivity contribution is -0.889. The summed E-state index contributed by atoms with van der Waals surface area (Å²) >= 11 is 4.11. The number of quaternary nitrogens is 1. The fourth-order valence-electron chi connectivity index (χ4n) is 2.30. The van der Waals surface area contributed by atoms with Crippen molar-refractivity contribution < 1.29 is 14.4 Å². The molecular formula is C12H24NO2S+. The van der Waals surface area contributed by atoms with Crippen LogP contribution < -0.4 is 4.90 Å². The highest BCUT2D eigenvalue weighted by molar-refractivity contribution is 7.81. The topological polar surface area (TPSA) is 30.7 Å². The molecule has 0 bridgehead atoms. The summed E-state index contributed by atoms with van der Waals surface area (Å²) in [5, 5.41) is -0.340. The van der Waals surface area contributed by atoms with E-state index in [0.29, 0.717) is 5.92 Å². The Morgan fingerprint density at radius 1 is 1.56 bits per heavy atom. The second kappa shape index (κ2) is 5.41. The zero-order valence-electron chi connectivity index (χ0n) is 10.7. The Kier molecular flexibility index (Phi) is 4.68. The van der Waals surface area contributed by atoms with E-state index in [-0.39, 0.29) is 16.8 Å². The van der Waals surface area contributed by atoms with Gasteiger partial charge in [-0.05, 0) is 33.6 Å². The summed E-state index contributed by atoms with van der Waals surface area (Å²) < 4.78 is 5.56. The third-order valence-electron chi connectivity index (χ3n) is 3.44. The number of esters is 1. The van der Waals surface area contributed by atoms with Crippen molar-refractivity contribution in [2.75, 3.05) is 20.1 Å². The summed E-state index contributed by atoms with van der Waals surface area (Å²) in [5.74, 6) is 0.244. The molecule has 16 heavy (non-hydrogen) atoms. The van der Waals surface area contributed by atoms with E-state index in [1.807, 2.05) is 13.8 Å². The van der Waals surface area contributed by atoms with Crippen molar-refractivity contribution in [1.82, 2.24) is 0 Å². The summed E-state index contributed by atoms with van der Waals surface area (Å²) in [6, 6.07) is 0. The quantitative estimate of drug-likeness (QED) is 0.563. The summed E-state index contributed by atoms with van der Waals surface area (Å²) in [4.78, 5) is 13.1. The molecule has 0 radical (unpaired) electrons. The maximum atomic E-state index is 11.6. The summed E-state index contributed by atoms with van der Waals surface area (Å²) in [5.41, 5.74) is -0.365. The molecule has 94 valence electrons. The number of thiol groups is 1. The highest BCUT2D eigenvalue weighted by Gasteiger charge is 2.37. The fourth-order valence-corrected chi connectivity index (χ4v) is 2.35. The number of carbonyl (C=O) groups is 1. The van der Waals surface area contributed by atoms with Crippen molar-refractivity contribution >= 4 is 18.6 Å². The molecule has 1 aliphatic heterocycles. The van der Waals surface area contributed by atoms with Gasteiger partial charge in [-0.25, -0.2) is 0 Å². The first-order chi connectivity index (χ1) is 7.33. The van der Waals surface area contributed by atoms with Crippen LogP contribution in [0.5, 0.6) is 0 Å². The van der Waals surface area contributed by atoms with Gasteiger partial charge in [-0.15, -0.1) is 0 Å². The van der Waals surface area contributed by atoms with E-state index in [2.05, 4.69) is 19.7 Å². The Morgan fingerprint density at radius 2 is 2.19 bits per heavy atom. The van der Waals surface area contributed by atoms with Gasteiger partial charge in [0.2, 0.25) is 0 Å². The molecule has 0 amide bonds. The molecule has 3 nitrogen and oxygen atoms in total. The highest BCUT2D eigenvalue weighted by atomic mass is 32.1. The molecule has 1 fully saturated rings. The number of likely N-dealkylation sites (tertiary alicyclic amines) is 1. The molecule has 1 saturated heterocycles. The van der Waals surface area contributed by atoms with Crippen molar-refractivity contribution in [1.29, 1.82) is 0 Å². The average molecular weight is 246 g/mol. The van der Waals surface area contributed by atoms with E-state index < -0.39 is 0 Å². The Labute approximate surface area is 104 Å². The Hall–Kier alpha value is -0.220. The zero-order chi connectivity index (χ0) is 12.3. The maximum absolute atomic E-state index is 11.6. The monoisotopic (exact) mass is 246 g/mol. The number of hydrogen-bond donors (Lipinski definition) is 2. The molecule has 1 heterocycles. The zero-order valence-corrected chi connectivity index (χ0v) is 11.6. The van der Waals surface area contributed by atoms with Gasteiger partial charge < -0.3 is 9.64 Å². The van der Waals surface area contributed by atoms with Crippen molar-refractivity contribution in [3.8, 4) is 0 Å². The van der Waals surface area contributed by atoms with Crippen LogP contribution in [0.3, 0.4) is 0 Å². The van der Waals surface area contributed by atoms with Gasteiger partial charge in [0.15, 0.2) is 0 Å². The molecule has 3 unspecified atom stereocenters. The van der Waals surface area contributed by atoms with E-state index in [0.717, 1.165) is 13.0 Å². The first-order valence-corrected chi connectivity index (χ1v) is 6.57. The summed E-state index contributed by atoms with van der Waals surface area (Å²) in [6.45, 7) is 8.10. The first-order valence-electron chi connectivity index (χ1n) is 6.05. The smallest absolute Gasteiger partial charge is 0.319 e. The second-order valence-corrected chi connectivity index (χ2v) is 6.23. The van der Waals surface area contributed by atoms with Gasteiger partial charge in [0.25, 0.3) is 0 Å². The molecule has 0 aliphatic carbocycles. The highest BCUT2D eigenvalue weighted by Crippen LogP contribution is 2.26. The summed E-state index contributed by atoms with van der Waals surface area (Å²) in [7, 11) is 2.20. The first kappa shape index (κ1) is 13.8. The van der Waals surface area contributed by atoms with Crippen molar-refractivity contribution in [2.24, 2.45) is 5.92 Å². The van der Waals surface area contributed by atoms with Crippen LogP contribution in [0.1, 0.15) is 33.6 Å². The second-order valence-electron chi connectivity index (χ2n) is 5.45. The predicted octanol–water partition coefficient (Wildman–Crippen LogP) is 0.551. The number of ether oxygens (including phenoxy) is 1. The third-order valence-corrected chi connectivity index (χ3v) is 3.65. The number of nitrogens with one attached hydrogen (secondary N) is 1. The van der Waals surface area contributed by atoms with Gasteiger partial charge in [-0.1, -0.05) is 0 Å². The number of hydrogen-bond acceptors (Lipinski definition) is 3. The minimum Gasteiger partial charge on any atom is -0.458 e. The third kappa shape index (κ3) is 3.67. The number of piperidine rings is 1. The van der Waals surface area contributed by atoms with Crippen LogP contribution in [0.25, 0.3) is 0 Å². The van der Waals surface area contributed by atoms with Crippen LogP contribution in [0.15, 0.2) is 0 Å². The lowest BCUT2D eigenvalue weighted by Gasteiger charge is -2.38. The molecule has 1 aliphatic rings. The molecule has 1 rings (SSSR count). The lowest BCUT2D eigenvalue weighted by Crippen LogP contribution is -3.11. The predicted molar refractivity (Wildman–Crippen MR) is 68.0 cm³/mol. The van der Waals surface area contributed by atoms with Gasteiger partial charge in [-0.2, -0.15) is 12.6 Å². The standard InChI is InChI=1S/C12H23NO2S/c1-9(16)11(14)15-12(2,3)10-6-5-7-13(4)8-10/h9-10,16H,5-8H2,1-4H3/p+1. The molecule has 0 spiro atoms. The van der Waals surface area contributed by atoms with E-state index in [1.54, 1.807) is 6.92 Å². The molecule has 0 aromatic rings. The lowest BCUT2D eigenvalue weighted by atomic mass is 9.84. The SMILES string of the molecule is CC(S)C(=O)OC(C)(C)C1CCC[NH+](C)C1. The van der Waals surface area contributed by atoms with E-state index in [4.69, 9.17) is 4.74 Å². The van der Waals surface area contributed by atoms with Crippen LogP contribution in [-0.4, -0.2) is 37.0 Å². The van der Waals surface area contributed by atoms with Crippen LogP contribution >= 0.6 is 12.6 Å². The normalized spacial score (nSPS) is 28.6. The van der Waals surface area contributed by atoms with Crippen LogP contribution in [-0.2, 0) is 9.53 Å². The largest absolute Gasteiger partial charge is 0.458 e. The van der Waals surface area contributed by atoms with Gasteiger partial charge in [0.05, 0.1) is 25.4 Å². The average Bonchev–Trinajstić information content (AvgIpc) is 2.17. The number of carbonyl (C=O) groups excluding carboxylic acids is 1. The molecule has 1 N–H and O–H groups in total. The minimum absolute atomic E-state index is 0.212. The van der Waals surface area contributed by atoms with Crippen molar-refractivity contribution in [2.45, 2.75) is 44.5 Å². The van der Waals surface area contributed by atoms with Crippen LogP contribution in [0.2, 0.25) is 0 Å². The molecule has 3 atom stereocenters. The fraction of sp³-hybridized carbons (Fsp3) is 0.917.